The number of halogens is 1. The number of hydrogen-bond donors (Lipinski definition) is 0. The molecule has 1 saturated heterocycles. The van der Waals surface area contributed by atoms with Gasteiger partial charge in [0.05, 0.1) is 12.8 Å². The molecule has 0 spiro atoms. The molecule has 5 rings (SSSR count). The Bertz CT molecular complexity index is 1260. The average Bonchev–Trinajstić information content (AvgIpc) is 3.20. The predicted molar refractivity (Wildman–Crippen MR) is 147 cm³/mol. The fourth-order valence-corrected chi connectivity index (χ4v) is 5.00. The summed E-state index contributed by atoms with van der Waals surface area (Å²) in [6.45, 7) is 2.90. The van der Waals surface area contributed by atoms with Crippen LogP contribution in [-0.4, -0.2) is 71.6 Å². The van der Waals surface area contributed by atoms with E-state index in [1.807, 2.05) is 41.3 Å². The number of anilines is 1. The molecule has 2 aromatic carbocycles. The number of hydrogen-bond acceptors (Lipinski definition) is 6. The first-order chi connectivity index (χ1) is 19.0. The first kappa shape index (κ1) is 26.6. The summed E-state index contributed by atoms with van der Waals surface area (Å²) in [5.74, 6) is 1.19. The highest BCUT2D eigenvalue weighted by Crippen LogP contribution is 2.29. The fraction of sp³-hybridized carbons (Fsp3) is 0.400. The van der Waals surface area contributed by atoms with E-state index in [2.05, 4.69) is 15.1 Å². The molecule has 0 radical (unpaired) electrons. The van der Waals surface area contributed by atoms with Crippen molar-refractivity contribution in [2.75, 3.05) is 44.7 Å². The summed E-state index contributed by atoms with van der Waals surface area (Å²) in [4.78, 5) is 32.1. The molecule has 3 aromatic rings. The van der Waals surface area contributed by atoms with Crippen molar-refractivity contribution in [2.24, 2.45) is 5.92 Å². The molecular formula is C30H34FN5O3. The van der Waals surface area contributed by atoms with Gasteiger partial charge in [0.1, 0.15) is 18.1 Å². The van der Waals surface area contributed by atoms with Gasteiger partial charge >= 0.3 is 0 Å². The van der Waals surface area contributed by atoms with Crippen molar-refractivity contribution in [3.63, 3.8) is 0 Å². The third-order valence-electron chi connectivity index (χ3n) is 7.59. The van der Waals surface area contributed by atoms with Crippen LogP contribution in [-0.2, 0) is 16.1 Å². The second-order valence-corrected chi connectivity index (χ2v) is 10.2. The van der Waals surface area contributed by atoms with Crippen LogP contribution in [0.25, 0.3) is 11.3 Å². The fourth-order valence-electron chi connectivity index (χ4n) is 5.00. The minimum atomic E-state index is -0.319. The van der Waals surface area contributed by atoms with Crippen molar-refractivity contribution < 1.29 is 18.7 Å². The van der Waals surface area contributed by atoms with Crippen LogP contribution in [0.4, 0.5) is 10.2 Å². The average molecular weight is 532 g/mol. The number of carbonyl (C=O) groups is 2. The zero-order valence-electron chi connectivity index (χ0n) is 22.3. The molecule has 2 heterocycles. The summed E-state index contributed by atoms with van der Waals surface area (Å²) in [6.07, 6.45) is 3.57. The summed E-state index contributed by atoms with van der Waals surface area (Å²) in [6, 6.07) is 17.7. The zero-order chi connectivity index (χ0) is 27.2. The highest BCUT2D eigenvalue weighted by Gasteiger charge is 2.31. The minimum absolute atomic E-state index is 0.0163. The summed E-state index contributed by atoms with van der Waals surface area (Å²) >= 11 is 0. The lowest BCUT2D eigenvalue weighted by Crippen LogP contribution is -2.46. The van der Waals surface area contributed by atoms with Crippen molar-refractivity contribution in [1.29, 1.82) is 0 Å². The molecule has 2 amide bonds. The molecule has 9 heteroatoms. The van der Waals surface area contributed by atoms with Gasteiger partial charge < -0.3 is 19.4 Å². The molecule has 1 aromatic heterocycles. The molecule has 0 unspecified atom stereocenters. The van der Waals surface area contributed by atoms with Crippen molar-refractivity contribution in [3.8, 4) is 17.0 Å². The van der Waals surface area contributed by atoms with E-state index >= 15 is 0 Å². The molecule has 204 valence electrons. The van der Waals surface area contributed by atoms with Gasteiger partial charge in [0.2, 0.25) is 11.8 Å². The van der Waals surface area contributed by atoms with E-state index in [1.165, 1.54) is 12.1 Å². The zero-order valence-corrected chi connectivity index (χ0v) is 22.3. The number of methoxy groups -OCH3 is 1. The third kappa shape index (κ3) is 6.53. The Morgan fingerprint density at radius 2 is 1.69 bits per heavy atom. The van der Waals surface area contributed by atoms with Gasteiger partial charge in [-0.25, -0.2) is 4.39 Å². The molecule has 1 saturated carbocycles. The summed E-state index contributed by atoms with van der Waals surface area (Å²) in [5, 5.41) is 8.87. The quantitative estimate of drug-likeness (QED) is 0.435. The monoisotopic (exact) mass is 531 g/mol. The molecule has 39 heavy (non-hydrogen) atoms. The first-order valence-corrected chi connectivity index (χ1v) is 13.5. The Labute approximate surface area is 228 Å². The van der Waals surface area contributed by atoms with Gasteiger partial charge in [-0.15, -0.1) is 10.2 Å². The van der Waals surface area contributed by atoms with Gasteiger partial charge in [-0.2, -0.15) is 0 Å². The standard InChI is InChI=1S/C30H34FN5O3/c1-39-26-12-8-23(9-13-26)27-14-15-28(33-32-27)34-16-3-17-35(19-18-34)29(37)21-36(30(38)24-4-2-5-24)20-22-6-10-25(31)11-7-22/h6-15,24H,2-5,16-21H2,1H3. The van der Waals surface area contributed by atoms with E-state index < -0.39 is 0 Å². The maximum Gasteiger partial charge on any atom is 0.242 e. The van der Waals surface area contributed by atoms with Crippen LogP contribution in [0.5, 0.6) is 5.75 Å². The third-order valence-corrected chi connectivity index (χ3v) is 7.59. The predicted octanol–water partition coefficient (Wildman–Crippen LogP) is 4.16. The largest absolute Gasteiger partial charge is 0.497 e. The van der Waals surface area contributed by atoms with Crippen molar-refractivity contribution in [3.05, 3.63) is 72.0 Å². The molecule has 1 aliphatic heterocycles. The van der Waals surface area contributed by atoms with Gasteiger partial charge in [-0.3, -0.25) is 9.59 Å². The van der Waals surface area contributed by atoms with Crippen LogP contribution in [0.2, 0.25) is 0 Å². The van der Waals surface area contributed by atoms with Gasteiger partial charge in [0.25, 0.3) is 0 Å². The Morgan fingerprint density at radius 1 is 0.923 bits per heavy atom. The van der Waals surface area contributed by atoms with Crippen molar-refractivity contribution >= 4 is 17.6 Å². The van der Waals surface area contributed by atoms with Crippen LogP contribution in [0.3, 0.4) is 0 Å². The summed E-state index contributed by atoms with van der Waals surface area (Å²) < 4.78 is 18.6. The van der Waals surface area contributed by atoms with E-state index in [-0.39, 0.29) is 30.1 Å². The number of ether oxygens (including phenoxy) is 1. The molecule has 1 aliphatic carbocycles. The minimum Gasteiger partial charge on any atom is -0.497 e. The number of amides is 2. The molecular weight excluding hydrogens is 497 g/mol. The Balaban J connectivity index is 1.20. The van der Waals surface area contributed by atoms with Crippen LogP contribution in [0.1, 0.15) is 31.2 Å². The number of rotatable bonds is 8. The first-order valence-electron chi connectivity index (χ1n) is 13.5. The smallest absolute Gasteiger partial charge is 0.242 e. The van der Waals surface area contributed by atoms with Gasteiger partial charge in [0, 0.05) is 44.2 Å². The highest BCUT2D eigenvalue weighted by molar-refractivity contribution is 5.86. The molecule has 0 N–H and O–H groups in total. The second kappa shape index (κ2) is 12.2. The van der Waals surface area contributed by atoms with Crippen LogP contribution in [0, 0.1) is 11.7 Å². The maximum absolute atomic E-state index is 13.4. The number of carbonyl (C=O) groups excluding carboxylic acids is 2. The lowest BCUT2D eigenvalue weighted by molar-refractivity contribution is -0.145. The maximum atomic E-state index is 13.4. The summed E-state index contributed by atoms with van der Waals surface area (Å²) in [7, 11) is 1.64. The second-order valence-electron chi connectivity index (χ2n) is 10.2. The van der Waals surface area contributed by atoms with E-state index in [0.717, 1.165) is 60.6 Å². The summed E-state index contributed by atoms with van der Waals surface area (Å²) in [5.41, 5.74) is 2.56. The Morgan fingerprint density at radius 3 is 2.33 bits per heavy atom. The van der Waals surface area contributed by atoms with Crippen molar-refractivity contribution in [1.82, 2.24) is 20.0 Å². The van der Waals surface area contributed by atoms with Gasteiger partial charge in [-0.1, -0.05) is 18.6 Å². The van der Waals surface area contributed by atoms with E-state index in [0.29, 0.717) is 26.2 Å². The Hall–Kier alpha value is -4.01. The topological polar surface area (TPSA) is 78.9 Å². The number of benzene rings is 2. The molecule has 2 aliphatic rings. The molecule has 0 atom stereocenters. The normalized spacial score (nSPS) is 15.8. The molecule has 2 fully saturated rings. The lowest BCUT2D eigenvalue weighted by atomic mass is 9.84. The van der Waals surface area contributed by atoms with Crippen LogP contribution < -0.4 is 9.64 Å². The van der Waals surface area contributed by atoms with E-state index in [4.69, 9.17) is 4.74 Å². The lowest BCUT2D eigenvalue weighted by Gasteiger charge is -2.33. The number of nitrogens with zero attached hydrogens (tertiary/aromatic N) is 5. The molecule has 0 bridgehead atoms. The van der Waals surface area contributed by atoms with Gasteiger partial charge in [0.15, 0.2) is 5.82 Å². The van der Waals surface area contributed by atoms with Crippen molar-refractivity contribution in [2.45, 2.75) is 32.2 Å². The molecule has 8 nitrogen and oxygen atoms in total. The van der Waals surface area contributed by atoms with Gasteiger partial charge in [-0.05, 0) is 73.4 Å². The van der Waals surface area contributed by atoms with E-state index in [1.54, 1.807) is 24.1 Å². The highest BCUT2D eigenvalue weighted by atomic mass is 19.1. The van der Waals surface area contributed by atoms with Crippen LogP contribution >= 0.6 is 0 Å². The number of aromatic nitrogens is 2. The SMILES string of the molecule is COc1ccc(-c2ccc(N3CCCN(C(=O)CN(Cc4ccc(F)cc4)C(=O)C4CCC4)CC3)nn2)cc1. The Kier molecular flexibility index (Phi) is 8.34. The van der Waals surface area contributed by atoms with Crippen LogP contribution in [0.15, 0.2) is 60.7 Å². The van der Waals surface area contributed by atoms with E-state index in [9.17, 15) is 14.0 Å².